The van der Waals surface area contributed by atoms with E-state index in [-0.39, 0.29) is 0 Å². The van der Waals surface area contributed by atoms with Crippen LogP contribution in [0.5, 0.6) is 0 Å². The molecular formula is C14H18ClN5. The largest absolute Gasteiger partial charge is 0.369 e. The van der Waals surface area contributed by atoms with Crippen LogP contribution < -0.4 is 10.3 Å². The van der Waals surface area contributed by atoms with Crippen LogP contribution in [0.25, 0.3) is 0 Å². The number of nitrogens with zero attached hydrogens (tertiary/aromatic N) is 4. The molecule has 5 nitrogen and oxygen atoms in total. The van der Waals surface area contributed by atoms with Crippen molar-refractivity contribution >= 4 is 23.2 Å². The van der Waals surface area contributed by atoms with Crippen LogP contribution in [0.1, 0.15) is 5.56 Å². The summed E-state index contributed by atoms with van der Waals surface area (Å²) < 4.78 is 1.18. The minimum Gasteiger partial charge on any atom is -0.369 e. The number of nitrogens with one attached hydrogen (secondary N) is 1. The van der Waals surface area contributed by atoms with Crippen molar-refractivity contribution in [2.45, 2.75) is 0 Å². The third kappa shape index (κ3) is 2.89. The molecule has 1 aromatic carbocycles. The molecule has 0 atom stereocenters. The van der Waals surface area contributed by atoms with Gasteiger partial charge in [-0.3, -0.25) is 5.43 Å². The SMILES string of the molecule is CN1CCN(c2ccc(C3=NN(Cl)NC=C3)cc2)CC1. The van der Waals surface area contributed by atoms with Crippen LogP contribution >= 0.6 is 11.8 Å². The maximum Gasteiger partial charge on any atom is 0.0954 e. The predicted octanol–water partition coefficient (Wildman–Crippen LogP) is 1.63. The normalized spacial score (nSPS) is 19.8. The molecule has 0 amide bonds. The molecule has 0 saturated carbocycles. The predicted molar refractivity (Wildman–Crippen MR) is 82.7 cm³/mol. The van der Waals surface area contributed by atoms with E-state index in [0.717, 1.165) is 37.5 Å². The van der Waals surface area contributed by atoms with E-state index in [2.05, 4.69) is 51.6 Å². The first-order chi connectivity index (χ1) is 9.72. The second kappa shape index (κ2) is 5.73. The van der Waals surface area contributed by atoms with Gasteiger partial charge in [0.05, 0.1) is 17.5 Å². The molecule has 1 aromatic rings. The Morgan fingerprint density at radius 1 is 1.10 bits per heavy atom. The molecule has 106 valence electrons. The smallest absolute Gasteiger partial charge is 0.0954 e. The van der Waals surface area contributed by atoms with Gasteiger partial charge in [-0.2, -0.15) is 0 Å². The second-order valence-electron chi connectivity index (χ2n) is 5.04. The Kier molecular flexibility index (Phi) is 3.80. The number of hydrazone groups is 1. The van der Waals surface area contributed by atoms with Gasteiger partial charge in [0.2, 0.25) is 0 Å². The van der Waals surface area contributed by atoms with E-state index < -0.39 is 0 Å². The van der Waals surface area contributed by atoms with Crippen LogP contribution in [0.2, 0.25) is 0 Å². The highest BCUT2D eigenvalue weighted by molar-refractivity contribution is 6.15. The van der Waals surface area contributed by atoms with Gasteiger partial charge in [0.25, 0.3) is 0 Å². The first-order valence-corrected chi connectivity index (χ1v) is 7.07. The second-order valence-corrected chi connectivity index (χ2v) is 5.37. The van der Waals surface area contributed by atoms with Gasteiger partial charge in [-0.1, -0.05) is 12.1 Å². The topological polar surface area (TPSA) is 34.1 Å². The molecular weight excluding hydrogens is 274 g/mol. The lowest BCUT2D eigenvalue weighted by Gasteiger charge is -2.34. The standard InChI is InChI=1S/C14H18ClN5/c1-18-8-10-19(11-9-18)13-4-2-12(3-5-13)14-6-7-16-20(15)17-14/h2-7,16H,8-11H2,1H3. The first kappa shape index (κ1) is 13.3. The first-order valence-electron chi connectivity index (χ1n) is 6.73. The zero-order chi connectivity index (χ0) is 13.9. The molecule has 2 heterocycles. The van der Waals surface area contributed by atoms with Crippen molar-refractivity contribution in [1.29, 1.82) is 0 Å². The number of halogens is 1. The van der Waals surface area contributed by atoms with Crippen LogP contribution in [0.3, 0.4) is 0 Å². The summed E-state index contributed by atoms with van der Waals surface area (Å²) in [5.74, 6) is 0. The molecule has 1 fully saturated rings. The quantitative estimate of drug-likeness (QED) is 0.840. The van der Waals surface area contributed by atoms with Gasteiger partial charge >= 0.3 is 0 Å². The number of hydrogen-bond acceptors (Lipinski definition) is 5. The van der Waals surface area contributed by atoms with Crippen molar-refractivity contribution in [1.82, 2.24) is 15.0 Å². The molecule has 0 spiro atoms. The Labute approximate surface area is 124 Å². The zero-order valence-corrected chi connectivity index (χ0v) is 12.2. The molecule has 0 bridgehead atoms. The molecule has 1 N–H and O–H groups in total. The van der Waals surface area contributed by atoms with Crippen molar-refractivity contribution in [3.63, 3.8) is 0 Å². The molecule has 2 aliphatic heterocycles. The highest BCUT2D eigenvalue weighted by Gasteiger charge is 2.14. The maximum absolute atomic E-state index is 5.80. The highest BCUT2D eigenvalue weighted by Crippen LogP contribution is 2.18. The molecule has 0 aliphatic carbocycles. The number of likely N-dealkylation sites (N-methyl/N-ethyl adjacent to an activating group) is 1. The van der Waals surface area contributed by atoms with Crippen molar-refractivity contribution < 1.29 is 0 Å². The van der Waals surface area contributed by atoms with Crippen molar-refractivity contribution in [3.05, 3.63) is 42.1 Å². The van der Waals surface area contributed by atoms with Crippen LogP contribution in [0.15, 0.2) is 41.6 Å². The third-order valence-corrected chi connectivity index (χ3v) is 3.82. The van der Waals surface area contributed by atoms with Crippen molar-refractivity contribution in [2.24, 2.45) is 5.10 Å². The maximum atomic E-state index is 5.80. The van der Waals surface area contributed by atoms with Gasteiger partial charge in [-0.05, 0) is 25.3 Å². The van der Waals surface area contributed by atoms with Crippen LogP contribution in [0, 0.1) is 0 Å². The fourth-order valence-electron chi connectivity index (χ4n) is 2.40. The Morgan fingerprint density at radius 3 is 2.45 bits per heavy atom. The Hall–Kier alpha value is -1.72. The number of piperazine rings is 1. The van der Waals surface area contributed by atoms with Gasteiger partial charge in [0.15, 0.2) is 0 Å². The third-order valence-electron chi connectivity index (χ3n) is 3.65. The van der Waals surface area contributed by atoms with E-state index in [0.29, 0.717) is 0 Å². The molecule has 2 aliphatic rings. The molecule has 6 heteroatoms. The lowest BCUT2D eigenvalue weighted by Crippen LogP contribution is -2.44. The van der Waals surface area contributed by atoms with E-state index in [9.17, 15) is 0 Å². The van der Waals surface area contributed by atoms with E-state index in [1.54, 1.807) is 6.20 Å². The minimum absolute atomic E-state index is 0.851. The highest BCUT2D eigenvalue weighted by atomic mass is 35.5. The average Bonchev–Trinajstić information content (AvgIpc) is 2.48. The summed E-state index contributed by atoms with van der Waals surface area (Å²) in [7, 11) is 2.17. The summed E-state index contributed by atoms with van der Waals surface area (Å²) in [4.78, 5) is 4.77. The van der Waals surface area contributed by atoms with Gasteiger partial charge in [-0.25, -0.2) is 0 Å². The van der Waals surface area contributed by atoms with Crippen LogP contribution in [-0.2, 0) is 0 Å². The van der Waals surface area contributed by atoms with E-state index in [1.165, 1.54) is 10.3 Å². The molecule has 20 heavy (non-hydrogen) atoms. The molecule has 0 aromatic heterocycles. The van der Waals surface area contributed by atoms with E-state index in [4.69, 9.17) is 11.8 Å². The number of allylic oxidation sites excluding steroid dienone is 1. The fourth-order valence-corrected chi connectivity index (χ4v) is 2.53. The van der Waals surface area contributed by atoms with Gasteiger partial charge in [0, 0.05) is 43.6 Å². The zero-order valence-electron chi connectivity index (χ0n) is 11.5. The number of rotatable bonds is 2. The Morgan fingerprint density at radius 2 is 1.80 bits per heavy atom. The molecule has 0 radical (unpaired) electrons. The van der Waals surface area contributed by atoms with Gasteiger partial charge < -0.3 is 9.80 Å². The summed E-state index contributed by atoms with van der Waals surface area (Å²) in [5, 5.41) is 4.20. The van der Waals surface area contributed by atoms with Crippen molar-refractivity contribution in [2.75, 3.05) is 38.1 Å². The van der Waals surface area contributed by atoms with E-state index >= 15 is 0 Å². The van der Waals surface area contributed by atoms with Gasteiger partial charge in [-0.15, -0.1) is 9.74 Å². The summed E-state index contributed by atoms with van der Waals surface area (Å²) >= 11 is 5.80. The Bertz CT molecular complexity index is 517. The number of hydrazine groups is 1. The summed E-state index contributed by atoms with van der Waals surface area (Å²) in [6.07, 6.45) is 3.67. The summed E-state index contributed by atoms with van der Waals surface area (Å²) in [6, 6.07) is 8.48. The molecule has 0 unspecified atom stereocenters. The lowest BCUT2D eigenvalue weighted by atomic mass is 10.1. The molecule has 3 rings (SSSR count). The number of anilines is 1. The summed E-state index contributed by atoms with van der Waals surface area (Å²) in [6.45, 7) is 4.39. The fraction of sp³-hybridized carbons (Fsp3) is 0.357. The van der Waals surface area contributed by atoms with E-state index in [1.807, 2.05) is 6.08 Å². The average molecular weight is 292 g/mol. The van der Waals surface area contributed by atoms with Crippen LogP contribution in [0.4, 0.5) is 5.69 Å². The van der Waals surface area contributed by atoms with Crippen molar-refractivity contribution in [3.8, 4) is 0 Å². The summed E-state index contributed by atoms with van der Waals surface area (Å²) in [5.41, 5.74) is 5.95. The number of benzene rings is 1. The number of hydrogen-bond donors (Lipinski definition) is 1. The minimum atomic E-state index is 0.851. The lowest BCUT2D eigenvalue weighted by molar-refractivity contribution is 0.313. The molecule has 1 saturated heterocycles. The van der Waals surface area contributed by atoms with Gasteiger partial charge in [0.1, 0.15) is 0 Å². The van der Waals surface area contributed by atoms with Crippen LogP contribution in [-0.4, -0.2) is 48.5 Å². The Balaban J connectivity index is 1.73. The monoisotopic (exact) mass is 291 g/mol.